The number of unbranched alkanes of at least 4 members (excludes halogenated alkanes) is 2. The maximum Gasteiger partial charge on any atom is 0.0223 e. The Hall–Kier alpha value is -0.0800. The Bertz CT molecular complexity index is 217. The SMILES string of the molecule is CCCCCN1CC2CCCCN2CC1CC. The lowest BCUT2D eigenvalue weighted by molar-refractivity contribution is 0.00693. The monoisotopic (exact) mass is 238 g/mol. The van der Waals surface area contributed by atoms with Gasteiger partial charge in [0.25, 0.3) is 0 Å². The van der Waals surface area contributed by atoms with Gasteiger partial charge in [0.05, 0.1) is 0 Å². The maximum atomic E-state index is 2.79. The van der Waals surface area contributed by atoms with Crippen molar-refractivity contribution in [2.24, 2.45) is 0 Å². The van der Waals surface area contributed by atoms with Crippen LogP contribution in [0.25, 0.3) is 0 Å². The minimum absolute atomic E-state index is 0.834. The number of piperazine rings is 1. The Morgan fingerprint density at radius 2 is 1.94 bits per heavy atom. The second-order valence-corrected chi connectivity index (χ2v) is 5.91. The molecule has 2 unspecified atom stereocenters. The summed E-state index contributed by atoms with van der Waals surface area (Å²) in [5.74, 6) is 0. The summed E-state index contributed by atoms with van der Waals surface area (Å²) in [6.07, 6.45) is 9.82. The molecule has 2 rings (SSSR count). The van der Waals surface area contributed by atoms with E-state index in [4.69, 9.17) is 0 Å². The molecule has 17 heavy (non-hydrogen) atoms. The number of nitrogens with zero attached hydrogens (tertiary/aromatic N) is 2. The lowest BCUT2D eigenvalue weighted by atomic mass is 9.95. The molecule has 0 saturated carbocycles. The van der Waals surface area contributed by atoms with Gasteiger partial charge in [0.15, 0.2) is 0 Å². The van der Waals surface area contributed by atoms with E-state index in [0.29, 0.717) is 0 Å². The molecule has 2 heteroatoms. The smallest absolute Gasteiger partial charge is 0.0223 e. The van der Waals surface area contributed by atoms with Crippen LogP contribution >= 0.6 is 0 Å². The van der Waals surface area contributed by atoms with E-state index < -0.39 is 0 Å². The molecule has 0 N–H and O–H groups in total. The summed E-state index contributed by atoms with van der Waals surface area (Å²) in [6.45, 7) is 10.1. The highest BCUT2D eigenvalue weighted by Gasteiger charge is 2.33. The maximum absolute atomic E-state index is 2.79. The van der Waals surface area contributed by atoms with Crippen LogP contribution in [0.2, 0.25) is 0 Å². The van der Waals surface area contributed by atoms with Crippen molar-refractivity contribution >= 4 is 0 Å². The van der Waals surface area contributed by atoms with Gasteiger partial charge in [-0.05, 0) is 38.8 Å². The number of rotatable bonds is 5. The standard InChI is InChI=1S/C15H30N2/c1-3-5-7-10-16-13-15-9-6-8-11-17(15)12-14(16)4-2/h14-15H,3-13H2,1-2H3. The van der Waals surface area contributed by atoms with Gasteiger partial charge in [-0.2, -0.15) is 0 Å². The van der Waals surface area contributed by atoms with Gasteiger partial charge in [-0.25, -0.2) is 0 Å². The number of fused-ring (bicyclic) bond motifs is 1. The van der Waals surface area contributed by atoms with Crippen LogP contribution < -0.4 is 0 Å². The van der Waals surface area contributed by atoms with E-state index in [0.717, 1.165) is 12.1 Å². The van der Waals surface area contributed by atoms with Crippen LogP contribution in [-0.4, -0.2) is 48.1 Å². The number of hydrogen-bond donors (Lipinski definition) is 0. The average molecular weight is 238 g/mol. The minimum Gasteiger partial charge on any atom is -0.298 e. The summed E-state index contributed by atoms with van der Waals surface area (Å²) in [6, 6.07) is 1.72. The molecule has 2 aliphatic heterocycles. The molecule has 2 atom stereocenters. The van der Waals surface area contributed by atoms with Crippen molar-refractivity contribution in [2.45, 2.75) is 70.9 Å². The van der Waals surface area contributed by atoms with Crippen LogP contribution in [0.1, 0.15) is 58.8 Å². The molecule has 2 fully saturated rings. The molecule has 0 aliphatic carbocycles. The van der Waals surface area contributed by atoms with E-state index >= 15 is 0 Å². The summed E-state index contributed by atoms with van der Waals surface area (Å²) < 4.78 is 0. The summed E-state index contributed by atoms with van der Waals surface area (Å²) in [4.78, 5) is 5.57. The van der Waals surface area contributed by atoms with E-state index in [1.54, 1.807) is 0 Å². The van der Waals surface area contributed by atoms with Crippen molar-refractivity contribution in [3.8, 4) is 0 Å². The highest BCUT2D eigenvalue weighted by Crippen LogP contribution is 2.25. The van der Waals surface area contributed by atoms with Gasteiger partial charge in [0.1, 0.15) is 0 Å². The minimum atomic E-state index is 0.834. The summed E-state index contributed by atoms with van der Waals surface area (Å²) in [5.41, 5.74) is 0. The van der Waals surface area contributed by atoms with Crippen molar-refractivity contribution in [3.63, 3.8) is 0 Å². The van der Waals surface area contributed by atoms with E-state index in [9.17, 15) is 0 Å². The fourth-order valence-electron chi connectivity index (χ4n) is 3.54. The molecular weight excluding hydrogens is 208 g/mol. The molecule has 2 aliphatic rings. The lowest BCUT2D eigenvalue weighted by Crippen LogP contribution is -2.59. The highest BCUT2D eigenvalue weighted by atomic mass is 15.3. The molecule has 0 bridgehead atoms. The fraction of sp³-hybridized carbons (Fsp3) is 1.00. The number of piperidine rings is 1. The van der Waals surface area contributed by atoms with Crippen molar-refractivity contribution in [1.29, 1.82) is 0 Å². The molecular formula is C15H30N2. The van der Waals surface area contributed by atoms with Gasteiger partial charge in [-0.1, -0.05) is 33.1 Å². The molecule has 2 heterocycles. The normalized spacial score (nSPS) is 31.4. The fourth-order valence-corrected chi connectivity index (χ4v) is 3.54. The zero-order valence-corrected chi connectivity index (χ0v) is 11.8. The average Bonchev–Trinajstić information content (AvgIpc) is 2.38. The first-order valence-electron chi connectivity index (χ1n) is 7.83. The Kier molecular flexibility index (Phi) is 5.30. The van der Waals surface area contributed by atoms with Crippen molar-refractivity contribution < 1.29 is 0 Å². The van der Waals surface area contributed by atoms with Gasteiger partial charge in [-0.15, -0.1) is 0 Å². The molecule has 0 amide bonds. The molecule has 0 aromatic carbocycles. The van der Waals surface area contributed by atoms with Gasteiger partial charge in [-0.3, -0.25) is 9.80 Å². The predicted octanol–water partition coefficient (Wildman–Crippen LogP) is 3.13. The van der Waals surface area contributed by atoms with Gasteiger partial charge < -0.3 is 0 Å². The molecule has 0 spiro atoms. The van der Waals surface area contributed by atoms with Gasteiger partial charge in [0.2, 0.25) is 0 Å². The van der Waals surface area contributed by atoms with E-state index in [1.807, 2.05) is 0 Å². The summed E-state index contributed by atoms with van der Waals surface area (Å²) in [7, 11) is 0. The Morgan fingerprint density at radius 3 is 2.71 bits per heavy atom. The van der Waals surface area contributed by atoms with E-state index in [1.165, 1.54) is 71.1 Å². The largest absolute Gasteiger partial charge is 0.298 e. The molecule has 2 saturated heterocycles. The number of hydrogen-bond acceptors (Lipinski definition) is 2. The van der Waals surface area contributed by atoms with Crippen LogP contribution in [0.4, 0.5) is 0 Å². The van der Waals surface area contributed by atoms with Gasteiger partial charge in [0, 0.05) is 25.2 Å². The zero-order valence-electron chi connectivity index (χ0n) is 11.8. The van der Waals surface area contributed by atoms with E-state index in [2.05, 4.69) is 23.6 Å². The quantitative estimate of drug-likeness (QED) is 0.679. The van der Waals surface area contributed by atoms with Crippen LogP contribution in [0.15, 0.2) is 0 Å². The first-order valence-corrected chi connectivity index (χ1v) is 7.83. The van der Waals surface area contributed by atoms with Crippen LogP contribution in [0.3, 0.4) is 0 Å². The Morgan fingerprint density at radius 1 is 1.06 bits per heavy atom. The van der Waals surface area contributed by atoms with Gasteiger partial charge >= 0.3 is 0 Å². The van der Waals surface area contributed by atoms with Crippen molar-refractivity contribution in [1.82, 2.24) is 9.80 Å². The van der Waals surface area contributed by atoms with Crippen LogP contribution in [-0.2, 0) is 0 Å². The molecule has 0 radical (unpaired) electrons. The highest BCUT2D eigenvalue weighted by molar-refractivity contribution is 4.90. The third-order valence-corrected chi connectivity index (χ3v) is 4.68. The van der Waals surface area contributed by atoms with Crippen molar-refractivity contribution in [2.75, 3.05) is 26.2 Å². The predicted molar refractivity (Wildman–Crippen MR) is 74.4 cm³/mol. The second-order valence-electron chi connectivity index (χ2n) is 5.91. The third-order valence-electron chi connectivity index (χ3n) is 4.68. The lowest BCUT2D eigenvalue weighted by Gasteiger charge is -2.48. The molecule has 0 aromatic heterocycles. The molecule has 100 valence electrons. The third kappa shape index (κ3) is 3.45. The molecule has 0 aromatic rings. The first kappa shape index (κ1) is 13.4. The zero-order chi connectivity index (χ0) is 12.1. The second kappa shape index (κ2) is 6.75. The molecule has 2 nitrogen and oxygen atoms in total. The Labute approximate surface area is 107 Å². The first-order chi connectivity index (χ1) is 8.35. The Balaban J connectivity index is 1.85. The summed E-state index contributed by atoms with van der Waals surface area (Å²) in [5, 5.41) is 0. The van der Waals surface area contributed by atoms with Crippen LogP contribution in [0.5, 0.6) is 0 Å². The van der Waals surface area contributed by atoms with Crippen LogP contribution in [0, 0.1) is 0 Å². The summed E-state index contributed by atoms with van der Waals surface area (Å²) >= 11 is 0. The van der Waals surface area contributed by atoms with E-state index in [-0.39, 0.29) is 0 Å². The van der Waals surface area contributed by atoms with Crippen molar-refractivity contribution in [3.05, 3.63) is 0 Å². The topological polar surface area (TPSA) is 6.48 Å².